The normalized spacial score (nSPS) is 16.5. The summed E-state index contributed by atoms with van der Waals surface area (Å²) < 4.78 is 13.2. The summed E-state index contributed by atoms with van der Waals surface area (Å²) in [5, 5.41) is 8.37. The van der Waals surface area contributed by atoms with E-state index >= 15 is 0 Å². The zero-order chi connectivity index (χ0) is 19.1. The van der Waals surface area contributed by atoms with Gasteiger partial charge >= 0.3 is 0 Å². The van der Waals surface area contributed by atoms with Gasteiger partial charge in [-0.25, -0.2) is 4.98 Å². The average Bonchev–Trinajstić information content (AvgIpc) is 3.14. The third-order valence-electron chi connectivity index (χ3n) is 5.14. The summed E-state index contributed by atoms with van der Waals surface area (Å²) in [5.41, 5.74) is 1.29. The van der Waals surface area contributed by atoms with E-state index in [1.807, 2.05) is 34.6 Å². The quantitative estimate of drug-likeness (QED) is 0.660. The van der Waals surface area contributed by atoms with Crippen molar-refractivity contribution in [1.29, 1.82) is 0 Å². The van der Waals surface area contributed by atoms with Crippen LogP contribution in [0.25, 0.3) is 5.65 Å². The van der Waals surface area contributed by atoms with Crippen molar-refractivity contribution in [2.45, 2.75) is 6.92 Å². The predicted molar refractivity (Wildman–Crippen MR) is 101 cm³/mol. The molecule has 2 aliphatic rings. The third-order valence-corrected chi connectivity index (χ3v) is 5.14. The van der Waals surface area contributed by atoms with Gasteiger partial charge in [-0.3, -0.25) is 9.20 Å². The predicted octanol–water partition coefficient (Wildman–Crippen LogP) is 1.17. The fourth-order valence-electron chi connectivity index (χ4n) is 3.69. The van der Waals surface area contributed by atoms with E-state index in [1.54, 1.807) is 12.3 Å². The van der Waals surface area contributed by atoms with Crippen LogP contribution >= 0.6 is 0 Å². The molecule has 0 N–H and O–H groups in total. The molecule has 1 amide bonds. The molecule has 2 aliphatic heterocycles. The highest BCUT2D eigenvalue weighted by atomic mass is 16.6. The van der Waals surface area contributed by atoms with Crippen LogP contribution in [0, 0.1) is 6.92 Å². The number of aryl methyl sites for hydroxylation is 1. The SMILES string of the molecule is Cc1nnc2c(N3CCN(C(=O)c4cccc5c4OCCO5)CC3)nccn12. The number of piperazine rings is 1. The van der Waals surface area contributed by atoms with Crippen LogP contribution in [0.5, 0.6) is 11.5 Å². The fraction of sp³-hybridized carbons (Fsp3) is 0.368. The van der Waals surface area contributed by atoms with Crippen molar-refractivity contribution in [1.82, 2.24) is 24.5 Å². The molecule has 4 heterocycles. The van der Waals surface area contributed by atoms with E-state index in [2.05, 4.69) is 20.1 Å². The first kappa shape index (κ1) is 16.8. The van der Waals surface area contributed by atoms with Crippen LogP contribution in [0.4, 0.5) is 5.82 Å². The first-order valence-electron chi connectivity index (χ1n) is 9.31. The number of aromatic nitrogens is 4. The van der Waals surface area contributed by atoms with Crippen molar-refractivity contribution in [3.8, 4) is 11.5 Å². The van der Waals surface area contributed by atoms with E-state index in [9.17, 15) is 4.79 Å². The highest BCUT2D eigenvalue weighted by molar-refractivity contribution is 5.98. The maximum Gasteiger partial charge on any atom is 0.257 e. The lowest BCUT2D eigenvalue weighted by molar-refractivity contribution is 0.0736. The highest BCUT2D eigenvalue weighted by Gasteiger charge is 2.28. The topological polar surface area (TPSA) is 85.1 Å². The van der Waals surface area contributed by atoms with Gasteiger partial charge in [-0.15, -0.1) is 10.2 Å². The molecule has 28 heavy (non-hydrogen) atoms. The van der Waals surface area contributed by atoms with Crippen LogP contribution < -0.4 is 14.4 Å². The Balaban J connectivity index is 1.34. The number of hydrogen-bond donors (Lipinski definition) is 0. The van der Waals surface area contributed by atoms with Crippen LogP contribution in [0.1, 0.15) is 16.2 Å². The lowest BCUT2D eigenvalue weighted by Gasteiger charge is -2.35. The molecular formula is C19H20N6O3. The summed E-state index contributed by atoms with van der Waals surface area (Å²) >= 11 is 0. The number of ether oxygens (including phenoxy) is 2. The van der Waals surface area contributed by atoms with Gasteiger partial charge in [0.05, 0.1) is 5.56 Å². The minimum Gasteiger partial charge on any atom is -0.486 e. The summed E-state index contributed by atoms with van der Waals surface area (Å²) in [5.74, 6) is 2.76. The number of benzene rings is 1. The number of nitrogens with zero attached hydrogens (tertiary/aromatic N) is 6. The second-order valence-corrected chi connectivity index (χ2v) is 6.80. The van der Waals surface area contributed by atoms with Gasteiger partial charge in [0.2, 0.25) is 5.65 Å². The summed E-state index contributed by atoms with van der Waals surface area (Å²) in [6.07, 6.45) is 3.61. The van der Waals surface area contributed by atoms with Crippen molar-refractivity contribution in [3.63, 3.8) is 0 Å². The van der Waals surface area contributed by atoms with Gasteiger partial charge < -0.3 is 19.3 Å². The molecular weight excluding hydrogens is 360 g/mol. The summed E-state index contributed by atoms with van der Waals surface area (Å²) in [6.45, 7) is 5.42. The average molecular weight is 380 g/mol. The van der Waals surface area contributed by atoms with Gasteiger partial charge in [-0.1, -0.05) is 6.07 Å². The van der Waals surface area contributed by atoms with Crippen LogP contribution in [0.15, 0.2) is 30.6 Å². The van der Waals surface area contributed by atoms with Crippen LogP contribution in [-0.4, -0.2) is 69.8 Å². The molecule has 1 fully saturated rings. The minimum absolute atomic E-state index is 0.0357. The second-order valence-electron chi connectivity index (χ2n) is 6.80. The maximum atomic E-state index is 13.1. The van der Waals surface area contributed by atoms with E-state index in [-0.39, 0.29) is 5.91 Å². The van der Waals surface area contributed by atoms with Gasteiger partial charge in [-0.2, -0.15) is 0 Å². The molecule has 0 bridgehead atoms. The van der Waals surface area contributed by atoms with Gasteiger partial charge in [0.25, 0.3) is 5.91 Å². The number of carbonyl (C=O) groups excluding carboxylic acids is 1. The molecule has 1 saturated heterocycles. The number of hydrogen-bond acceptors (Lipinski definition) is 7. The summed E-state index contributed by atoms with van der Waals surface area (Å²) in [6, 6.07) is 5.45. The summed E-state index contributed by atoms with van der Waals surface area (Å²) in [7, 11) is 0. The third kappa shape index (κ3) is 2.70. The number of amides is 1. The standard InChI is InChI=1S/C19H20N6O3/c1-13-21-22-18-17(20-5-6-25(13)18)23-7-9-24(10-8-23)19(26)14-3-2-4-15-16(14)28-12-11-27-15/h2-6H,7-12H2,1H3. The lowest BCUT2D eigenvalue weighted by atomic mass is 10.1. The van der Waals surface area contributed by atoms with Gasteiger partial charge in [0.15, 0.2) is 17.3 Å². The molecule has 0 spiro atoms. The molecule has 0 aliphatic carbocycles. The molecule has 2 aromatic heterocycles. The number of fused-ring (bicyclic) bond motifs is 2. The Morgan fingerprint density at radius 1 is 1.07 bits per heavy atom. The number of anilines is 1. The van der Waals surface area contributed by atoms with E-state index in [0.717, 1.165) is 17.3 Å². The van der Waals surface area contributed by atoms with E-state index in [0.29, 0.717) is 56.5 Å². The molecule has 3 aromatic rings. The first-order chi connectivity index (χ1) is 13.7. The summed E-state index contributed by atoms with van der Waals surface area (Å²) in [4.78, 5) is 21.5. The molecule has 5 rings (SSSR count). The zero-order valence-electron chi connectivity index (χ0n) is 15.5. The Morgan fingerprint density at radius 2 is 1.89 bits per heavy atom. The number of rotatable bonds is 2. The molecule has 0 atom stereocenters. The van der Waals surface area contributed by atoms with Crippen molar-refractivity contribution in [2.75, 3.05) is 44.3 Å². The molecule has 0 unspecified atom stereocenters. The monoisotopic (exact) mass is 380 g/mol. The molecule has 9 heteroatoms. The highest BCUT2D eigenvalue weighted by Crippen LogP contribution is 2.34. The van der Waals surface area contributed by atoms with Crippen molar-refractivity contribution in [3.05, 3.63) is 42.0 Å². The van der Waals surface area contributed by atoms with Gasteiger partial charge in [-0.05, 0) is 19.1 Å². The Labute approximate surface area is 161 Å². The molecule has 0 radical (unpaired) electrons. The van der Waals surface area contributed by atoms with Crippen molar-refractivity contribution >= 4 is 17.4 Å². The Bertz CT molecular complexity index is 1040. The maximum absolute atomic E-state index is 13.1. The molecule has 144 valence electrons. The minimum atomic E-state index is -0.0357. The Morgan fingerprint density at radius 3 is 2.75 bits per heavy atom. The fourth-order valence-corrected chi connectivity index (χ4v) is 3.69. The van der Waals surface area contributed by atoms with Crippen LogP contribution in [0.3, 0.4) is 0 Å². The second kappa shape index (κ2) is 6.66. The van der Waals surface area contributed by atoms with E-state index < -0.39 is 0 Å². The van der Waals surface area contributed by atoms with Crippen molar-refractivity contribution in [2.24, 2.45) is 0 Å². The molecule has 0 saturated carbocycles. The molecule has 1 aromatic carbocycles. The zero-order valence-corrected chi connectivity index (χ0v) is 15.5. The number of para-hydroxylation sites is 1. The van der Waals surface area contributed by atoms with E-state index in [1.165, 1.54) is 0 Å². The first-order valence-corrected chi connectivity index (χ1v) is 9.31. The van der Waals surface area contributed by atoms with Crippen LogP contribution in [0.2, 0.25) is 0 Å². The molecule has 9 nitrogen and oxygen atoms in total. The number of carbonyl (C=O) groups is 1. The smallest absolute Gasteiger partial charge is 0.257 e. The Kier molecular flexibility index (Phi) is 4.00. The van der Waals surface area contributed by atoms with E-state index in [4.69, 9.17) is 9.47 Å². The lowest BCUT2D eigenvalue weighted by Crippen LogP contribution is -2.49. The van der Waals surface area contributed by atoms with Crippen molar-refractivity contribution < 1.29 is 14.3 Å². The van der Waals surface area contributed by atoms with Gasteiger partial charge in [0.1, 0.15) is 19.0 Å². The Hall–Kier alpha value is -3.36. The van der Waals surface area contributed by atoms with Crippen LogP contribution in [-0.2, 0) is 0 Å². The largest absolute Gasteiger partial charge is 0.486 e. The van der Waals surface area contributed by atoms with Gasteiger partial charge in [0, 0.05) is 38.6 Å².